The van der Waals surface area contributed by atoms with Crippen molar-refractivity contribution in [1.29, 1.82) is 0 Å². The molecule has 0 radical (unpaired) electrons. The van der Waals surface area contributed by atoms with Gasteiger partial charge in [-0.1, -0.05) is 60.7 Å². The molecule has 0 N–H and O–H groups in total. The maximum Gasteiger partial charge on any atom is 0.314 e. The molecule has 0 amide bonds. The molecule has 0 atom stereocenters. The van der Waals surface area contributed by atoms with E-state index in [1.54, 1.807) is 6.07 Å². The van der Waals surface area contributed by atoms with Crippen molar-refractivity contribution in [2.24, 2.45) is 5.92 Å². The second-order valence-corrected chi connectivity index (χ2v) is 9.71. The molecule has 7 heteroatoms. The number of sulfonamides is 1. The highest BCUT2D eigenvalue weighted by molar-refractivity contribution is 7.89. The zero-order chi connectivity index (χ0) is 22.6. The van der Waals surface area contributed by atoms with Gasteiger partial charge in [-0.3, -0.25) is 4.79 Å². The standard InChI is InChI=1S/C25H24FNO4S/c26-22-11-5-7-13-24(22)32(29,30)27-16-14-20(15-17-27)25(28)31-23-12-6-4-10-21(23)18-19-8-2-1-3-9-19/h1-13,20H,14-18H2. The van der Waals surface area contributed by atoms with E-state index < -0.39 is 21.8 Å². The molecule has 0 unspecified atom stereocenters. The van der Waals surface area contributed by atoms with Gasteiger partial charge in [-0.05, 0) is 42.2 Å². The molecule has 1 heterocycles. The summed E-state index contributed by atoms with van der Waals surface area (Å²) in [6.45, 7) is 0.282. The van der Waals surface area contributed by atoms with Crippen LogP contribution in [-0.2, 0) is 21.2 Å². The Morgan fingerprint density at radius 3 is 2.25 bits per heavy atom. The fourth-order valence-electron chi connectivity index (χ4n) is 3.88. The van der Waals surface area contributed by atoms with Crippen LogP contribution in [0.3, 0.4) is 0 Å². The number of nitrogens with zero attached hydrogens (tertiary/aromatic N) is 1. The highest BCUT2D eigenvalue weighted by atomic mass is 32.2. The van der Waals surface area contributed by atoms with Crippen molar-refractivity contribution < 1.29 is 22.3 Å². The lowest BCUT2D eigenvalue weighted by atomic mass is 9.98. The number of para-hydroxylation sites is 1. The van der Waals surface area contributed by atoms with Gasteiger partial charge in [-0.25, -0.2) is 12.8 Å². The van der Waals surface area contributed by atoms with Crippen molar-refractivity contribution in [2.45, 2.75) is 24.2 Å². The molecule has 0 aromatic heterocycles. The van der Waals surface area contributed by atoms with Crippen LogP contribution in [0.15, 0.2) is 83.8 Å². The van der Waals surface area contributed by atoms with Crippen LogP contribution in [0.1, 0.15) is 24.0 Å². The number of hydrogen-bond donors (Lipinski definition) is 0. The molecular weight excluding hydrogens is 429 g/mol. The van der Waals surface area contributed by atoms with Gasteiger partial charge >= 0.3 is 5.97 Å². The van der Waals surface area contributed by atoms with Crippen LogP contribution in [-0.4, -0.2) is 31.8 Å². The van der Waals surface area contributed by atoms with E-state index in [0.29, 0.717) is 25.0 Å². The van der Waals surface area contributed by atoms with Crippen LogP contribution in [0.2, 0.25) is 0 Å². The summed E-state index contributed by atoms with van der Waals surface area (Å²) in [6.07, 6.45) is 1.30. The Labute approximate surface area is 187 Å². The summed E-state index contributed by atoms with van der Waals surface area (Å²) in [5.74, 6) is -1.04. The molecule has 3 aromatic carbocycles. The highest BCUT2D eigenvalue weighted by Crippen LogP contribution is 2.28. The topological polar surface area (TPSA) is 63.7 Å². The van der Waals surface area contributed by atoms with E-state index in [-0.39, 0.29) is 24.0 Å². The summed E-state index contributed by atoms with van der Waals surface area (Å²) < 4.78 is 46.5. The number of piperidine rings is 1. The third kappa shape index (κ3) is 4.89. The van der Waals surface area contributed by atoms with Crippen LogP contribution in [0.4, 0.5) is 4.39 Å². The number of rotatable bonds is 6. The Kier molecular flexibility index (Phi) is 6.67. The number of carbonyl (C=O) groups excluding carboxylic acids is 1. The van der Waals surface area contributed by atoms with Crippen molar-refractivity contribution in [2.75, 3.05) is 13.1 Å². The summed E-state index contributed by atoms with van der Waals surface area (Å²) in [4.78, 5) is 12.5. The second kappa shape index (κ2) is 9.63. The van der Waals surface area contributed by atoms with E-state index in [1.165, 1.54) is 22.5 Å². The maximum absolute atomic E-state index is 14.0. The average Bonchev–Trinajstić information content (AvgIpc) is 2.81. The van der Waals surface area contributed by atoms with Crippen molar-refractivity contribution in [3.8, 4) is 5.75 Å². The van der Waals surface area contributed by atoms with Gasteiger partial charge < -0.3 is 4.74 Å². The predicted octanol–water partition coefficient (Wildman–Crippen LogP) is 4.42. The molecule has 5 nitrogen and oxygen atoms in total. The molecular formula is C25H24FNO4S. The fourth-order valence-corrected chi connectivity index (χ4v) is 5.42. The number of benzene rings is 3. The number of ether oxygens (including phenoxy) is 1. The van der Waals surface area contributed by atoms with Crippen LogP contribution >= 0.6 is 0 Å². The molecule has 166 valence electrons. The van der Waals surface area contributed by atoms with Crippen molar-refractivity contribution in [1.82, 2.24) is 4.31 Å². The Hall–Kier alpha value is -3.03. The molecule has 1 aliphatic heterocycles. The van der Waals surface area contributed by atoms with Crippen molar-refractivity contribution in [3.05, 3.63) is 95.8 Å². The van der Waals surface area contributed by atoms with E-state index in [2.05, 4.69) is 0 Å². The fraction of sp³-hybridized carbons (Fsp3) is 0.240. The van der Waals surface area contributed by atoms with Crippen molar-refractivity contribution in [3.63, 3.8) is 0 Å². The Balaban J connectivity index is 1.40. The monoisotopic (exact) mass is 453 g/mol. The molecule has 1 fully saturated rings. The van der Waals surface area contributed by atoms with Crippen LogP contribution in [0.25, 0.3) is 0 Å². The molecule has 0 spiro atoms. The zero-order valence-electron chi connectivity index (χ0n) is 17.5. The highest BCUT2D eigenvalue weighted by Gasteiger charge is 2.34. The van der Waals surface area contributed by atoms with Gasteiger partial charge in [0.2, 0.25) is 10.0 Å². The zero-order valence-corrected chi connectivity index (χ0v) is 18.3. The first-order valence-corrected chi connectivity index (χ1v) is 12.0. The minimum absolute atomic E-state index is 0.141. The molecule has 32 heavy (non-hydrogen) atoms. The molecule has 3 aromatic rings. The first-order chi connectivity index (χ1) is 15.4. The molecule has 0 bridgehead atoms. The van der Waals surface area contributed by atoms with Gasteiger partial charge in [-0.2, -0.15) is 4.31 Å². The van der Waals surface area contributed by atoms with Gasteiger partial charge in [0.25, 0.3) is 0 Å². The van der Waals surface area contributed by atoms with Crippen molar-refractivity contribution >= 4 is 16.0 Å². The Morgan fingerprint density at radius 2 is 1.53 bits per heavy atom. The van der Waals surface area contributed by atoms with Gasteiger partial charge in [-0.15, -0.1) is 0 Å². The Morgan fingerprint density at radius 1 is 0.906 bits per heavy atom. The molecule has 1 saturated heterocycles. The average molecular weight is 454 g/mol. The van der Waals surface area contributed by atoms with Gasteiger partial charge in [0, 0.05) is 19.5 Å². The summed E-state index contributed by atoms with van der Waals surface area (Å²) in [5, 5.41) is 0. The molecule has 0 saturated carbocycles. The minimum Gasteiger partial charge on any atom is -0.426 e. The summed E-state index contributed by atoms with van der Waals surface area (Å²) in [7, 11) is -3.94. The van der Waals surface area contributed by atoms with Gasteiger partial charge in [0.05, 0.1) is 5.92 Å². The number of esters is 1. The lowest BCUT2D eigenvalue weighted by Crippen LogP contribution is -2.41. The number of hydrogen-bond acceptors (Lipinski definition) is 4. The quantitative estimate of drug-likeness (QED) is 0.409. The normalized spacial score (nSPS) is 15.4. The third-order valence-corrected chi connectivity index (χ3v) is 7.59. The third-order valence-electron chi connectivity index (χ3n) is 5.66. The summed E-state index contributed by atoms with van der Waals surface area (Å²) in [6, 6.07) is 22.7. The number of halogens is 1. The predicted molar refractivity (Wildman–Crippen MR) is 119 cm³/mol. The second-order valence-electron chi connectivity index (χ2n) is 7.80. The van der Waals surface area contributed by atoms with Crippen LogP contribution < -0.4 is 4.74 Å². The first kappa shape index (κ1) is 22.2. The van der Waals surface area contributed by atoms with E-state index in [0.717, 1.165) is 17.2 Å². The lowest BCUT2D eigenvalue weighted by Gasteiger charge is -2.30. The summed E-state index contributed by atoms with van der Waals surface area (Å²) in [5.41, 5.74) is 2.02. The van der Waals surface area contributed by atoms with Crippen LogP contribution in [0.5, 0.6) is 5.75 Å². The van der Waals surface area contributed by atoms with Gasteiger partial charge in [0.15, 0.2) is 0 Å². The maximum atomic E-state index is 14.0. The summed E-state index contributed by atoms with van der Waals surface area (Å²) >= 11 is 0. The van der Waals surface area contributed by atoms with E-state index >= 15 is 0 Å². The van der Waals surface area contributed by atoms with E-state index in [4.69, 9.17) is 4.74 Å². The molecule has 1 aliphatic rings. The minimum atomic E-state index is -3.94. The largest absolute Gasteiger partial charge is 0.426 e. The molecule has 4 rings (SSSR count). The lowest BCUT2D eigenvalue weighted by molar-refractivity contribution is -0.140. The Bertz CT molecular complexity index is 1190. The van der Waals surface area contributed by atoms with E-state index in [1.807, 2.05) is 48.5 Å². The number of carbonyl (C=O) groups is 1. The van der Waals surface area contributed by atoms with E-state index in [9.17, 15) is 17.6 Å². The molecule has 0 aliphatic carbocycles. The van der Waals surface area contributed by atoms with Crippen LogP contribution in [0, 0.1) is 11.7 Å². The first-order valence-electron chi connectivity index (χ1n) is 10.5. The SMILES string of the molecule is O=C(Oc1ccccc1Cc1ccccc1)C1CCN(S(=O)(=O)c2ccccc2F)CC1. The smallest absolute Gasteiger partial charge is 0.314 e. The van der Waals surface area contributed by atoms with Gasteiger partial charge in [0.1, 0.15) is 16.5 Å².